The second-order valence-corrected chi connectivity index (χ2v) is 21.9. The maximum absolute atomic E-state index is 14.0. The van der Waals surface area contributed by atoms with Crippen LogP contribution in [0.5, 0.6) is 0 Å². The highest BCUT2D eigenvalue weighted by atomic mass is 35.5. The first-order chi connectivity index (χ1) is 30.3. The number of aromatic nitrogens is 2. The van der Waals surface area contributed by atoms with Crippen LogP contribution in [0.1, 0.15) is 94.2 Å². The summed E-state index contributed by atoms with van der Waals surface area (Å²) in [5.74, 6) is -0.135. The van der Waals surface area contributed by atoms with E-state index in [9.17, 15) is 27.9 Å². The monoisotopic (exact) mass is 895 g/mol. The molecule has 1 aromatic heterocycles. The van der Waals surface area contributed by atoms with Gasteiger partial charge in [-0.3, -0.25) is 24.0 Å². The second-order valence-electron chi connectivity index (χ2n) is 19.3. The molecule has 3 aromatic carbocycles. The Morgan fingerprint density at radius 2 is 1.63 bits per heavy atom. The maximum Gasteiger partial charge on any atom is 0.329 e. The van der Waals surface area contributed by atoms with Crippen LogP contribution in [-0.4, -0.2) is 89.6 Å². The Morgan fingerprint density at radius 3 is 2.35 bits per heavy atom. The average Bonchev–Trinajstić information content (AvgIpc) is 3.88. The summed E-state index contributed by atoms with van der Waals surface area (Å²) in [6, 6.07) is 17.1. The third-order valence-electron chi connectivity index (χ3n) is 15.4. The summed E-state index contributed by atoms with van der Waals surface area (Å²) >= 11 is 6.47. The predicted octanol–water partition coefficient (Wildman–Crippen LogP) is 6.97. The lowest BCUT2D eigenvalue weighted by Crippen LogP contribution is -2.52. The van der Waals surface area contributed by atoms with Crippen molar-refractivity contribution in [3.63, 3.8) is 0 Å². The van der Waals surface area contributed by atoms with Crippen LogP contribution in [-0.2, 0) is 26.5 Å². The van der Waals surface area contributed by atoms with Crippen molar-refractivity contribution < 1.29 is 23.1 Å². The van der Waals surface area contributed by atoms with Gasteiger partial charge >= 0.3 is 5.69 Å². The molecule has 13 nitrogen and oxygen atoms in total. The number of nitrogens with one attached hydrogen (secondary N) is 2. The quantitative estimate of drug-likeness (QED) is 0.151. The molecule has 4 aliphatic heterocycles. The van der Waals surface area contributed by atoms with Crippen molar-refractivity contribution in [2.24, 2.45) is 18.4 Å². The summed E-state index contributed by atoms with van der Waals surface area (Å²) in [6.45, 7) is 6.88. The van der Waals surface area contributed by atoms with Gasteiger partial charge in [-0.1, -0.05) is 30.5 Å². The van der Waals surface area contributed by atoms with Gasteiger partial charge in [0.2, 0.25) is 11.8 Å². The molecule has 63 heavy (non-hydrogen) atoms. The van der Waals surface area contributed by atoms with Gasteiger partial charge in [0, 0.05) is 61.9 Å². The van der Waals surface area contributed by atoms with Crippen LogP contribution in [0, 0.1) is 18.3 Å². The Balaban J connectivity index is 0.711. The van der Waals surface area contributed by atoms with Crippen LogP contribution in [0.25, 0.3) is 17.1 Å². The van der Waals surface area contributed by atoms with Gasteiger partial charge in [-0.25, -0.2) is 13.2 Å². The number of piperidine rings is 3. The average molecular weight is 897 g/mol. The van der Waals surface area contributed by atoms with Crippen LogP contribution < -0.4 is 26.1 Å². The van der Waals surface area contributed by atoms with E-state index >= 15 is 0 Å². The van der Waals surface area contributed by atoms with Crippen molar-refractivity contribution in [2.75, 3.05) is 47.8 Å². The van der Waals surface area contributed by atoms with Gasteiger partial charge in [-0.05, 0) is 155 Å². The topological polar surface area (TPSA) is 149 Å². The molecule has 2 unspecified atom stereocenters. The van der Waals surface area contributed by atoms with Crippen molar-refractivity contribution in [2.45, 2.75) is 112 Å². The summed E-state index contributed by atoms with van der Waals surface area (Å²) in [5, 5.41) is 17.0. The number of nitrogens with zero attached hydrogens (tertiary/aromatic N) is 5. The molecule has 334 valence electrons. The van der Waals surface area contributed by atoms with Gasteiger partial charge < -0.3 is 25.1 Å². The molecule has 6 aliphatic rings. The molecule has 15 heteroatoms. The number of carbonyl (C=O) groups is 2. The molecule has 2 saturated carbocycles. The number of likely N-dealkylation sites (tertiary alicyclic amines) is 1. The van der Waals surface area contributed by atoms with Crippen LogP contribution in [0.2, 0.25) is 0 Å². The normalized spacial score (nSPS) is 23.8. The largest absolute Gasteiger partial charge is 0.371 e. The number of anilines is 4. The molecule has 1 spiro atoms. The number of aliphatic hydroxyl groups excluding tert-OH is 1. The maximum atomic E-state index is 14.0. The Morgan fingerprint density at radius 1 is 0.889 bits per heavy atom. The van der Waals surface area contributed by atoms with E-state index in [1.54, 1.807) is 17.7 Å². The van der Waals surface area contributed by atoms with Crippen LogP contribution in [0.15, 0.2) is 69.3 Å². The number of imide groups is 1. The van der Waals surface area contributed by atoms with E-state index in [0.29, 0.717) is 27.8 Å². The number of carbonyl (C=O) groups excluding carboxylic acids is 2. The first-order valence-electron chi connectivity index (χ1n) is 22.9. The minimum atomic E-state index is -3.46. The molecule has 2 amide bonds. The molecule has 0 bridgehead atoms. The van der Waals surface area contributed by atoms with E-state index in [-0.39, 0.29) is 34.7 Å². The number of halogens is 1. The molecule has 2 atom stereocenters. The summed E-state index contributed by atoms with van der Waals surface area (Å²) < 4.78 is 31.0. The van der Waals surface area contributed by atoms with Crippen molar-refractivity contribution in [3.8, 4) is 0 Å². The number of hydrogen-bond donors (Lipinski definition) is 3. The molecule has 2 aliphatic carbocycles. The van der Waals surface area contributed by atoms with E-state index in [2.05, 4.69) is 31.4 Å². The molecule has 0 radical (unpaired) electrons. The number of sulfone groups is 1. The number of aliphatic hydroxyl groups is 1. The molecule has 5 heterocycles. The van der Waals surface area contributed by atoms with Gasteiger partial charge in [-0.2, -0.15) is 0 Å². The van der Waals surface area contributed by atoms with Crippen molar-refractivity contribution in [1.29, 1.82) is 0 Å². The number of fused-ring (bicyclic) bond motifs is 2. The summed E-state index contributed by atoms with van der Waals surface area (Å²) in [4.78, 5) is 45.0. The molecular weight excluding hydrogens is 838 g/mol. The second kappa shape index (κ2) is 16.4. The third-order valence-corrected chi connectivity index (χ3v) is 17.8. The van der Waals surface area contributed by atoms with Crippen LogP contribution >= 0.6 is 11.6 Å². The lowest BCUT2D eigenvalue weighted by atomic mass is 9.63. The van der Waals surface area contributed by atoms with Crippen molar-refractivity contribution >= 4 is 73.1 Å². The van der Waals surface area contributed by atoms with E-state index < -0.39 is 28.0 Å². The zero-order valence-electron chi connectivity index (χ0n) is 36.2. The highest BCUT2D eigenvalue weighted by Gasteiger charge is 2.51. The van der Waals surface area contributed by atoms with E-state index in [4.69, 9.17) is 11.6 Å². The number of imidazole rings is 1. The lowest BCUT2D eigenvalue weighted by Gasteiger charge is -2.52. The Kier molecular flexibility index (Phi) is 11.0. The van der Waals surface area contributed by atoms with Gasteiger partial charge in [0.05, 0.1) is 26.2 Å². The zero-order valence-corrected chi connectivity index (χ0v) is 37.8. The highest BCUT2D eigenvalue weighted by molar-refractivity contribution is 7.92. The van der Waals surface area contributed by atoms with Crippen molar-refractivity contribution in [1.82, 2.24) is 19.4 Å². The lowest BCUT2D eigenvalue weighted by molar-refractivity contribution is -0.135. The number of rotatable bonds is 9. The van der Waals surface area contributed by atoms with E-state index in [1.165, 1.54) is 4.57 Å². The Bertz CT molecular complexity index is 2660. The minimum Gasteiger partial charge on any atom is -0.371 e. The third kappa shape index (κ3) is 7.78. The fraction of sp³-hybridized carbons (Fsp3) is 0.521. The fourth-order valence-corrected chi connectivity index (χ4v) is 13.9. The SMILES string of the molecule is Cc1cc(S(=O)(=O)C2CC3(CCN(CC4CCN(c5ccc6c(c5)n(C)c(=O)n6C5CCC(=O)NC5=O)CC4)CC3)C2)ccc1Nc1ccc2c(c1)N(C1CCCC1)C(O)C(Cl)=C2. The zero-order chi connectivity index (χ0) is 43.8. The van der Waals surface area contributed by atoms with E-state index in [0.717, 1.165) is 136 Å². The molecule has 4 aromatic rings. The summed E-state index contributed by atoms with van der Waals surface area (Å²) in [7, 11) is -1.73. The van der Waals surface area contributed by atoms with Crippen molar-refractivity contribution in [3.05, 3.63) is 81.2 Å². The van der Waals surface area contributed by atoms with Gasteiger partial charge in [0.25, 0.3) is 0 Å². The minimum absolute atomic E-state index is 0.107. The molecular formula is C48H58ClN7O6S. The molecule has 5 fully saturated rings. The number of aryl methyl sites for hydroxylation is 2. The van der Waals surface area contributed by atoms with E-state index in [1.807, 2.05) is 55.5 Å². The summed E-state index contributed by atoms with van der Waals surface area (Å²) in [5.41, 5.74) is 6.92. The Hall–Kier alpha value is -4.63. The van der Waals surface area contributed by atoms with Gasteiger partial charge in [0.15, 0.2) is 16.1 Å². The number of hydrogen-bond acceptors (Lipinski definition) is 10. The standard InChI is InChI=1S/C48H58ClN7O6S/c1-30-23-36(10-11-39(30)50-33-8-7-32-24-38(49)46(59)55(42(32)25-33)34-5-3-4-6-34)63(61,62)37-27-48(28-37)17-21-53(22-18-48)29-31-15-19-54(20-16-31)35-9-12-40-43(26-35)52(2)47(60)56(40)41-13-14-44(57)51-45(41)58/h7-12,23-26,31,34,37,41,46,50,59H,3-6,13-22,27-29H2,1-2H3,(H,51,57,58). The van der Waals surface area contributed by atoms with Gasteiger partial charge in [0.1, 0.15) is 6.04 Å². The molecule has 3 saturated heterocycles. The molecule has 10 rings (SSSR count). The number of amides is 2. The fourth-order valence-electron chi connectivity index (χ4n) is 11.6. The summed E-state index contributed by atoms with van der Waals surface area (Å²) in [6.07, 6.45) is 11.5. The van der Waals surface area contributed by atoms with Gasteiger partial charge in [-0.15, -0.1) is 0 Å². The van der Waals surface area contributed by atoms with Crippen LogP contribution in [0.3, 0.4) is 0 Å². The Labute approximate surface area is 374 Å². The number of benzene rings is 3. The smallest absolute Gasteiger partial charge is 0.329 e. The molecule has 3 N–H and O–H groups in total. The highest BCUT2D eigenvalue weighted by Crippen LogP contribution is 2.53. The first-order valence-corrected chi connectivity index (χ1v) is 24.8. The van der Waals surface area contributed by atoms with Crippen LogP contribution in [0.4, 0.5) is 22.7 Å². The predicted molar refractivity (Wildman–Crippen MR) is 247 cm³/mol. The first kappa shape index (κ1) is 42.3.